The number of nitrogen functional groups attached to an aromatic ring is 1. The summed E-state index contributed by atoms with van der Waals surface area (Å²) in [7, 11) is 0. The zero-order valence-corrected chi connectivity index (χ0v) is 13.7. The Morgan fingerprint density at radius 2 is 2.12 bits per heavy atom. The van der Waals surface area contributed by atoms with Crippen molar-refractivity contribution >= 4 is 11.9 Å². The highest BCUT2D eigenvalue weighted by molar-refractivity contribution is 5.77. The molecule has 1 fully saturated rings. The van der Waals surface area contributed by atoms with Crippen molar-refractivity contribution in [3.8, 4) is 11.1 Å². The molecule has 1 amide bonds. The first-order valence-corrected chi connectivity index (χ1v) is 8.28. The Hall–Kier alpha value is -2.50. The second-order valence-corrected chi connectivity index (χ2v) is 5.96. The Kier molecular flexibility index (Phi) is 4.74. The van der Waals surface area contributed by atoms with Crippen molar-refractivity contribution in [3.05, 3.63) is 42.0 Å². The number of carbonyl (C=O) groups is 1. The Morgan fingerprint density at radius 3 is 2.88 bits per heavy atom. The first kappa shape index (κ1) is 16.4. The Balaban J connectivity index is 2.11. The van der Waals surface area contributed by atoms with Gasteiger partial charge in [-0.1, -0.05) is 25.1 Å². The highest BCUT2D eigenvalue weighted by Crippen LogP contribution is 2.36. The third-order valence-corrected chi connectivity index (χ3v) is 4.44. The summed E-state index contributed by atoms with van der Waals surface area (Å²) in [5.74, 6) is -0.118. The lowest BCUT2D eigenvalue weighted by molar-refractivity contribution is -0.134. The number of rotatable bonds is 3. The van der Waals surface area contributed by atoms with E-state index in [9.17, 15) is 9.18 Å². The van der Waals surface area contributed by atoms with Gasteiger partial charge in [-0.15, -0.1) is 0 Å². The van der Waals surface area contributed by atoms with Gasteiger partial charge in [0.05, 0.1) is 11.7 Å². The lowest BCUT2D eigenvalue weighted by Crippen LogP contribution is -2.38. The number of nitrogens with two attached hydrogens (primary N) is 1. The van der Waals surface area contributed by atoms with Crippen LogP contribution in [0.1, 0.15) is 44.3 Å². The van der Waals surface area contributed by atoms with E-state index < -0.39 is 0 Å². The summed E-state index contributed by atoms with van der Waals surface area (Å²) in [6, 6.07) is 6.33. The lowest BCUT2D eigenvalue weighted by Gasteiger charge is -2.36. The van der Waals surface area contributed by atoms with Gasteiger partial charge < -0.3 is 10.6 Å². The van der Waals surface area contributed by atoms with Crippen LogP contribution in [-0.4, -0.2) is 27.3 Å². The molecule has 6 heteroatoms. The molecule has 1 aliphatic rings. The van der Waals surface area contributed by atoms with Crippen LogP contribution in [0.2, 0.25) is 0 Å². The van der Waals surface area contributed by atoms with Gasteiger partial charge in [-0.2, -0.15) is 0 Å². The van der Waals surface area contributed by atoms with Crippen molar-refractivity contribution in [1.82, 2.24) is 14.9 Å². The number of amides is 1. The SMILES string of the molecule is CCC(=O)N1CCCC[C@@H]1c1nc(N)ncc1-c1ccccc1F. The summed E-state index contributed by atoms with van der Waals surface area (Å²) in [6.07, 6.45) is 4.76. The second-order valence-electron chi connectivity index (χ2n) is 5.96. The monoisotopic (exact) mass is 328 g/mol. The van der Waals surface area contributed by atoms with Crippen LogP contribution < -0.4 is 5.73 Å². The summed E-state index contributed by atoms with van der Waals surface area (Å²) >= 11 is 0. The number of piperidine rings is 1. The van der Waals surface area contributed by atoms with Gasteiger partial charge >= 0.3 is 0 Å². The Labute approximate surface area is 140 Å². The number of nitrogens with zero attached hydrogens (tertiary/aromatic N) is 3. The fourth-order valence-electron chi connectivity index (χ4n) is 3.27. The molecule has 0 radical (unpaired) electrons. The van der Waals surface area contributed by atoms with Crippen molar-refractivity contribution in [2.75, 3.05) is 12.3 Å². The highest BCUT2D eigenvalue weighted by atomic mass is 19.1. The van der Waals surface area contributed by atoms with Crippen LogP contribution in [0, 0.1) is 5.82 Å². The number of benzene rings is 1. The van der Waals surface area contributed by atoms with E-state index in [1.165, 1.54) is 6.07 Å². The van der Waals surface area contributed by atoms with E-state index in [1.54, 1.807) is 24.4 Å². The zero-order valence-electron chi connectivity index (χ0n) is 13.7. The lowest BCUT2D eigenvalue weighted by atomic mass is 9.93. The van der Waals surface area contributed by atoms with E-state index >= 15 is 0 Å². The van der Waals surface area contributed by atoms with E-state index in [-0.39, 0.29) is 23.7 Å². The number of anilines is 1. The van der Waals surface area contributed by atoms with Gasteiger partial charge in [-0.3, -0.25) is 4.79 Å². The molecule has 1 aromatic heterocycles. The minimum Gasteiger partial charge on any atom is -0.368 e. The van der Waals surface area contributed by atoms with Crippen LogP contribution in [0.4, 0.5) is 10.3 Å². The van der Waals surface area contributed by atoms with Gasteiger partial charge in [0, 0.05) is 30.3 Å². The smallest absolute Gasteiger partial charge is 0.222 e. The first-order valence-electron chi connectivity index (χ1n) is 8.28. The van der Waals surface area contributed by atoms with Crippen molar-refractivity contribution in [2.24, 2.45) is 0 Å². The molecule has 0 unspecified atom stereocenters. The van der Waals surface area contributed by atoms with E-state index in [0.717, 1.165) is 19.3 Å². The van der Waals surface area contributed by atoms with Gasteiger partial charge in [0.25, 0.3) is 0 Å². The molecule has 1 saturated heterocycles. The number of carbonyl (C=O) groups excluding carboxylic acids is 1. The van der Waals surface area contributed by atoms with Gasteiger partial charge in [0.1, 0.15) is 5.82 Å². The molecule has 2 heterocycles. The number of aromatic nitrogens is 2. The Bertz CT molecular complexity index is 750. The fourth-order valence-corrected chi connectivity index (χ4v) is 3.27. The molecule has 1 aliphatic heterocycles. The molecule has 0 bridgehead atoms. The maximum Gasteiger partial charge on any atom is 0.222 e. The largest absolute Gasteiger partial charge is 0.368 e. The molecule has 0 aliphatic carbocycles. The van der Waals surface area contributed by atoms with Crippen LogP contribution in [-0.2, 0) is 4.79 Å². The number of hydrogen-bond donors (Lipinski definition) is 1. The minimum absolute atomic E-state index is 0.0800. The maximum absolute atomic E-state index is 14.3. The molecule has 126 valence electrons. The fraction of sp³-hybridized carbons (Fsp3) is 0.389. The normalized spacial score (nSPS) is 17.8. The third-order valence-electron chi connectivity index (χ3n) is 4.44. The molecule has 0 saturated carbocycles. The van der Waals surface area contributed by atoms with Crippen molar-refractivity contribution in [1.29, 1.82) is 0 Å². The first-order chi connectivity index (χ1) is 11.6. The van der Waals surface area contributed by atoms with Crippen LogP contribution in [0.15, 0.2) is 30.5 Å². The van der Waals surface area contributed by atoms with Crippen LogP contribution in [0.5, 0.6) is 0 Å². The standard InChI is InChI=1S/C18H21FN4O/c1-2-16(24)23-10-6-5-9-15(23)17-13(11-21-18(20)22-17)12-7-3-4-8-14(12)19/h3-4,7-8,11,15H,2,5-6,9-10H2,1H3,(H2,20,21,22)/t15-/m1/s1. The zero-order chi connectivity index (χ0) is 17.1. The molecule has 2 aromatic rings. The van der Waals surface area contributed by atoms with Gasteiger partial charge in [0.15, 0.2) is 0 Å². The summed E-state index contributed by atoms with van der Waals surface area (Å²) in [5, 5.41) is 0. The van der Waals surface area contributed by atoms with E-state index in [1.807, 2.05) is 11.8 Å². The average molecular weight is 328 g/mol. The number of hydrogen-bond acceptors (Lipinski definition) is 4. The van der Waals surface area contributed by atoms with E-state index in [2.05, 4.69) is 9.97 Å². The van der Waals surface area contributed by atoms with Crippen LogP contribution >= 0.6 is 0 Å². The predicted octanol–water partition coefficient (Wildman–Crippen LogP) is 3.33. The van der Waals surface area contributed by atoms with E-state index in [4.69, 9.17) is 5.73 Å². The third kappa shape index (κ3) is 3.09. The molecule has 1 aromatic carbocycles. The molecular formula is C18H21FN4O. The molecule has 5 nitrogen and oxygen atoms in total. The van der Waals surface area contributed by atoms with Crippen LogP contribution in [0.3, 0.4) is 0 Å². The second kappa shape index (κ2) is 6.95. The van der Waals surface area contributed by atoms with Crippen molar-refractivity contribution in [3.63, 3.8) is 0 Å². The summed E-state index contributed by atoms with van der Waals surface area (Å²) in [4.78, 5) is 22.6. The van der Waals surface area contributed by atoms with Crippen LogP contribution in [0.25, 0.3) is 11.1 Å². The molecule has 3 rings (SSSR count). The number of halogens is 1. The quantitative estimate of drug-likeness (QED) is 0.938. The van der Waals surface area contributed by atoms with E-state index in [0.29, 0.717) is 29.8 Å². The van der Waals surface area contributed by atoms with Crippen molar-refractivity contribution in [2.45, 2.75) is 38.6 Å². The molecule has 24 heavy (non-hydrogen) atoms. The Morgan fingerprint density at radius 1 is 1.33 bits per heavy atom. The van der Waals surface area contributed by atoms with Gasteiger partial charge in [-0.05, 0) is 25.3 Å². The highest BCUT2D eigenvalue weighted by Gasteiger charge is 2.30. The van der Waals surface area contributed by atoms with Crippen molar-refractivity contribution < 1.29 is 9.18 Å². The summed E-state index contributed by atoms with van der Waals surface area (Å²) < 4.78 is 14.3. The summed E-state index contributed by atoms with van der Waals surface area (Å²) in [6.45, 7) is 2.54. The minimum atomic E-state index is -0.337. The molecule has 1 atom stereocenters. The molecule has 2 N–H and O–H groups in total. The maximum atomic E-state index is 14.3. The average Bonchev–Trinajstić information content (AvgIpc) is 2.62. The predicted molar refractivity (Wildman–Crippen MR) is 90.4 cm³/mol. The van der Waals surface area contributed by atoms with Gasteiger partial charge in [0.2, 0.25) is 11.9 Å². The molecule has 0 spiro atoms. The molecular weight excluding hydrogens is 307 g/mol. The topological polar surface area (TPSA) is 72.1 Å². The summed E-state index contributed by atoms with van der Waals surface area (Å²) in [5.41, 5.74) is 7.45. The van der Waals surface area contributed by atoms with Gasteiger partial charge in [-0.25, -0.2) is 14.4 Å². The number of likely N-dealkylation sites (tertiary alicyclic amines) is 1.